The molecule has 5 heteroatoms. The molecule has 0 saturated carbocycles. The van der Waals surface area contributed by atoms with E-state index in [0.717, 1.165) is 13.1 Å². The van der Waals surface area contributed by atoms with E-state index in [-0.39, 0.29) is 11.8 Å². The standard InChI is InChI=1S/C16H32N2O3/c1-11(2)9-18(10-12(3)4)8-7-14(19)17-15(13(5)6)16(20)21/h11-13,15H,7-10H2,1-6H3,(H,17,19)(H,20,21). The normalized spacial score (nSPS) is 13.2. The van der Waals surface area contributed by atoms with Crippen LogP contribution >= 0.6 is 0 Å². The maximum absolute atomic E-state index is 11.9. The number of nitrogens with zero attached hydrogens (tertiary/aromatic N) is 1. The molecule has 1 unspecified atom stereocenters. The lowest BCUT2D eigenvalue weighted by Gasteiger charge is -2.26. The van der Waals surface area contributed by atoms with Gasteiger partial charge in [0.05, 0.1) is 0 Å². The monoisotopic (exact) mass is 300 g/mol. The van der Waals surface area contributed by atoms with Gasteiger partial charge in [-0.2, -0.15) is 0 Å². The summed E-state index contributed by atoms with van der Waals surface area (Å²) in [7, 11) is 0. The van der Waals surface area contributed by atoms with Crippen molar-refractivity contribution in [1.29, 1.82) is 0 Å². The van der Waals surface area contributed by atoms with E-state index in [0.29, 0.717) is 24.8 Å². The van der Waals surface area contributed by atoms with Gasteiger partial charge >= 0.3 is 5.97 Å². The van der Waals surface area contributed by atoms with Crippen LogP contribution in [0.25, 0.3) is 0 Å². The Morgan fingerprint density at radius 2 is 1.48 bits per heavy atom. The van der Waals surface area contributed by atoms with Crippen LogP contribution in [0, 0.1) is 17.8 Å². The smallest absolute Gasteiger partial charge is 0.326 e. The number of amides is 1. The fraction of sp³-hybridized carbons (Fsp3) is 0.875. The van der Waals surface area contributed by atoms with Gasteiger partial charge in [-0.3, -0.25) is 4.79 Å². The van der Waals surface area contributed by atoms with Gasteiger partial charge in [0, 0.05) is 26.1 Å². The predicted molar refractivity (Wildman–Crippen MR) is 85.1 cm³/mol. The number of aliphatic carboxylic acids is 1. The number of hydrogen-bond acceptors (Lipinski definition) is 3. The molecule has 0 aromatic carbocycles. The lowest BCUT2D eigenvalue weighted by Crippen LogP contribution is -2.45. The molecule has 21 heavy (non-hydrogen) atoms. The Hall–Kier alpha value is -1.10. The highest BCUT2D eigenvalue weighted by molar-refractivity contribution is 5.83. The van der Waals surface area contributed by atoms with Crippen molar-refractivity contribution in [2.45, 2.75) is 54.0 Å². The zero-order valence-corrected chi connectivity index (χ0v) is 14.3. The first-order valence-electron chi connectivity index (χ1n) is 7.88. The van der Waals surface area contributed by atoms with Crippen molar-refractivity contribution in [3.8, 4) is 0 Å². The van der Waals surface area contributed by atoms with Crippen LogP contribution in [0.5, 0.6) is 0 Å². The van der Waals surface area contributed by atoms with Crippen molar-refractivity contribution in [1.82, 2.24) is 10.2 Å². The number of nitrogens with one attached hydrogen (secondary N) is 1. The molecule has 0 bridgehead atoms. The Bertz CT molecular complexity index is 317. The van der Waals surface area contributed by atoms with E-state index in [2.05, 4.69) is 37.9 Å². The molecule has 0 aliphatic carbocycles. The van der Waals surface area contributed by atoms with Crippen molar-refractivity contribution in [3.63, 3.8) is 0 Å². The molecular weight excluding hydrogens is 268 g/mol. The summed E-state index contributed by atoms with van der Waals surface area (Å²) in [6.07, 6.45) is 0.343. The van der Waals surface area contributed by atoms with Gasteiger partial charge in [0.2, 0.25) is 5.91 Å². The number of hydrogen-bond donors (Lipinski definition) is 2. The Morgan fingerprint density at radius 3 is 1.81 bits per heavy atom. The molecule has 0 aromatic heterocycles. The zero-order valence-electron chi connectivity index (χ0n) is 14.3. The highest BCUT2D eigenvalue weighted by atomic mass is 16.4. The van der Waals surface area contributed by atoms with E-state index in [1.807, 2.05) is 0 Å². The summed E-state index contributed by atoms with van der Waals surface area (Å²) in [4.78, 5) is 25.3. The zero-order chi connectivity index (χ0) is 16.6. The maximum Gasteiger partial charge on any atom is 0.326 e. The van der Waals surface area contributed by atoms with Crippen LogP contribution < -0.4 is 5.32 Å². The van der Waals surface area contributed by atoms with Crippen molar-refractivity contribution < 1.29 is 14.7 Å². The molecule has 2 N–H and O–H groups in total. The van der Waals surface area contributed by atoms with Crippen LogP contribution in [-0.2, 0) is 9.59 Å². The molecule has 0 aliphatic rings. The molecule has 0 aliphatic heterocycles. The van der Waals surface area contributed by atoms with Crippen LogP contribution in [0.4, 0.5) is 0 Å². The molecule has 0 heterocycles. The van der Waals surface area contributed by atoms with Crippen LogP contribution in [0.1, 0.15) is 48.0 Å². The predicted octanol–water partition coefficient (Wildman–Crippen LogP) is 2.22. The second kappa shape index (κ2) is 9.77. The van der Waals surface area contributed by atoms with Gasteiger partial charge < -0.3 is 15.3 Å². The Morgan fingerprint density at radius 1 is 1.00 bits per heavy atom. The van der Waals surface area contributed by atoms with Crippen molar-refractivity contribution in [2.24, 2.45) is 17.8 Å². The second-order valence-electron chi connectivity index (χ2n) is 6.92. The Balaban J connectivity index is 4.37. The van der Waals surface area contributed by atoms with Gasteiger partial charge in [0.25, 0.3) is 0 Å². The number of carboxylic acids is 1. The number of carboxylic acid groups (broad SMARTS) is 1. The van der Waals surface area contributed by atoms with Gasteiger partial charge in [-0.1, -0.05) is 41.5 Å². The Labute approximate surface area is 129 Å². The van der Waals surface area contributed by atoms with Crippen LogP contribution in [-0.4, -0.2) is 47.6 Å². The third-order valence-electron chi connectivity index (χ3n) is 3.15. The van der Waals surface area contributed by atoms with Gasteiger partial charge in [0.1, 0.15) is 6.04 Å². The SMILES string of the molecule is CC(C)CN(CCC(=O)NC(C(=O)O)C(C)C)CC(C)C. The lowest BCUT2D eigenvalue weighted by molar-refractivity contribution is -0.143. The molecule has 1 amide bonds. The Kier molecular flexibility index (Phi) is 9.26. The molecule has 5 nitrogen and oxygen atoms in total. The molecule has 0 saturated heterocycles. The summed E-state index contributed by atoms with van der Waals surface area (Å²) in [6, 6.07) is -0.804. The summed E-state index contributed by atoms with van der Waals surface area (Å²) in [5, 5.41) is 11.7. The van der Waals surface area contributed by atoms with Gasteiger partial charge in [-0.15, -0.1) is 0 Å². The van der Waals surface area contributed by atoms with Crippen molar-refractivity contribution in [2.75, 3.05) is 19.6 Å². The highest BCUT2D eigenvalue weighted by Crippen LogP contribution is 2.06. The highest BCUT2D eigenvalue weighted by Gasteiger charge is 2.23. The fourth-order valence-electron chi connectivity index (χ4n) is 2.31. The largest absolute Gasteiger partial charge is 0.480 e. The van der Waals surface area contributed by atoms with Crippen LogP contribution in [0.2, 0.25) is 0 Å². The lowest BCUT2D eigenvalue weighted by atomic mass is 10.0. The molecule has 124 valence electrons. The van der Waals surface area contributed by atoms with E-state index in [1.165, 1.54) is 0 Å². The van der Waals surface area contributed by atoms with Gasteiger partial charge in [-0.25, -0.2) is 4.79 Å². The van der Waals surface area contributed by atoms with E-state index in [9.17, 15) is 9.59 Å². The van der Waals surface area contributed by atoms with Crippen LogP contribution in [0.3, 0.4) is 0 Å². The second-order valence-corrected chi connectivity index (χ2v) is 6.92. The summed E-state index contributed by atoms with van der Waals surface area (Å²) >= 11 is 0. The average Bonchev–Trinajstić information content (AvgIpc) is 2.30. The van der Waals surface area contributed by atoms with E-state index in [1.54, 1.807) is 13.8 Å². The summed E-state index contributed by atoms with van der Waals surface area (Å²) in [6.45, 7) is 14.8. The number of carbonyl (C=O) groups is 2. The average molecular weight is 300 g/mol. The molecule has 0 rings (SSSR count). The first-order chi connectivity index (χ1) is 9.63. The summed E-state index contributed by atoms with van der Waals surface area (Å²) < 4.78 is 0. The molecule has 0 aromatic rings. The number of rotatable bonds is 10. The fourth-order valence-corrected chi connectivity index (χ4v) is 2.31. The van der Waals surface area contributed by atoms with E-state index in [4.69, 9.17) is 5.11 Å². The third-order valence-corrected chi connectivity index (χ3v) is 3.15. The van der Waals surface area contributed by atoms with Crippen molar-refractivity contribution in [3.05, 3.63) is 0 Å². The summed E-state index contributed by atoms with van der Waals surface area (Å²) in [5.74, 6) is -0.175. The minimum absolute atomic E-state index is 0.117. The first-order valence-corrected chi connectivity index (χ1v) is 7.88. The molecular formula is C16H32N2O3. The van der Waals surface area contributed by atoms with Gasteiger partial charge in [0.15, 0.2) is 0 Å². The van der Waals surface area contributed by atoms with Gasteiger partial charge in [-0.05, 0) is 17.8 Å². The summed E-state index contributed by atoms with van der Waals surface area (Å²) in [5.41, 5.74) is 0. The molecule has 1 atom stereocenters. The van der Waals surface area contributed by atoms with E-state index >= 15 is 0 Å². The van der Waals surface area contributed by atoms with Crippen molar-refractivity contribution >= 4 is 11.9 Å². The third kappa shape index (κ3) is 9.45. The van der Waals surface area contributed by atoms with E-state index < -0.39 is 12.0 Å². The topological polar surface area (TPSA) is 69.6 Å². The quantitative estimate of drug-likeness (QED) is 0.649. The van der Waals surface area contributed by atoms with Crippen LogP contribution in [0.15, 0.2) is 0 Å². The minimum Gasteiger partial charge on any atom is -0.480 e. The maximum atomic E-state index is 11.9. The molecule has 0 fully saturated rings. The molecule has 0 spiro atoms. The molecule has 0 radical (unpaired) electrons. The number of carbonyl (C=O) groups excluding carboxylic acids is 1. The minimum atomic E-state index is -0.973. The first kappa shape index (κ1) is 19.9.